The Morgan fingerprint density at radius 1 is 1.20 bits per heavy atom. The minimum absolute atomic E-state index is 0.0564. The lowest BCUT2D eigenvalue weighted by molar-refractivity contribution is -0.147. The van der Waals surface area contributed by atoms with E-state index in [1.54, 1.807) is 0 Å². The first-order valence-corrected chi connectivity index (χ1v) is 5.69. The van der Waals surface area contributed by atoms with E-state index >= 15 is 0 Å². The van der Waals surface area contributed by atoms with Crippen LogP contribution in [0.1, 0.15) is 52.4 Å². The second kappa shape index (κ2) is 8.45. The topological polar surface area (TPSA) is 43.4 Å². The van der Waals surface area contributed by atoms with Crippen molar-refractivity contribution in [1.82, 2.24) is 0 Å². The summed E-state index contributed by atoms with van der Waals surface area (Å²) in [6.07, 6.45) is 5.58. The third-order valence-corrected chi connectivity index (χ3v) is 2.47. The van der Waals surface area contributed by atoms with E-state index in [2.05, 4.69) is 11.7 Å². The maximum absolute atomic E-state index is 11.3. The molecule has 0 radical (unpaired) electrons. The van der Waals surface area contributed by atoms with Crippen molar-refractivity contribution < 1.29 is 14.3 Å². The van der Waals surface area contributed by atoms with Gasteiger partial charge in [-0.1, -0.05) is 32.6 Å². The molecule has 88 valence electrons. The Hall–Kier alpha value is -0.860. The largest absolute Gasteiger partial charge is 0.469 e. The van der Waals surface area contributed by atoms with Gasteiger partial charge in [0, 0.05) is 6.42 Å². The number of ether oxygens (including phenoxy) is 1. The molecule has 0 fully saturated rings. The maximum atomic E-state index is 11.3. The fraction of sp³-hybridized carbons (Fsp3) is 0.833. The highest BCUT2D eigenvalue weighted by molar-refractivity contribution is 5.82. The van der Waals surface area contributed by atoms with Gasteiger partial charge >= 0.3 is 5.97 Å². The summed E-state index contributed by atoms with van der Waals surface area (Å²) in [6.45, 7) is 3.66. The molecule has 0 aliphatic heterocycles. The van der Waals surface area contributed by atoms with Gasteiger partial charge in [0.05, 0.1) is 13.0 Å². The molecule has 0 spiro atoms. The molecule has 3 nitrogen and oxygen atoms in total. The zero-order chi connectivity index (χ0) is 11.7. The minimum atomic E-state index is -0.248. The summed E-state index contributed by atoms with van der Waals surface area (Å²) < 4.78 is 4.68. The molecule has 0 amide bonds. The first kappa shape index (κ1) is 14.1. The second-order valence-electron chi connectivity index (χ2n) is 3.98. The van der Waals surface area contributed by atoms with Crippen molar-refractivity contribution in [3.05, 3.63) is 0 Å². The van der Waals surface area contributed by atoms with E-state index in [4.69, 9.17) is 0 Å². The highest BCUT2D eigenvalue weighted by atomic mass is 16.5. The molecule has 0 aliphatic carbocycles. The van der Waals surface area contributed by atoms with Gasteiger partial charge in [0.1, 0.15) is 5.78 Å². The molecule has 0 rings (SSSR count). The first-order valence-electron chi connectivity index (χ1n) is 5.69. The molecule has 0 saturated carbocycles. The predicted molar refractivity (Wildman–Crippen MR) is 59.6 cm³/mol. The first-order chi connectivity index (χ1) is 7.11. The number of carbonyl (C=O) groups excluding carboxylic acids is 2. The SMILES string of the molecule is CCCCCCC(CC(C)=O)C(=O)OC. The number of carbonyl (C=O) groups is 2. The number of hydrogen-bond donors (Lipinski definition) is 0. The van der Waals surface area contributed by atoms with Crippen molar-refractivity contribution in [3.63, 3.8) is 0 Å². The Bertz CT molecular complexity index is 199. The summed E-state index contributed by atoms with van der Waals surface area (Å²) >= 11 is 0. The third-order valence-electron chi connectivity index (χ3n) is 2.47. The van der Waals surface area contributed by atoms with Crippen LogP contribution in [0.2, 0.25) is 0 Å². The molecule has 0 saturated heterocycles. The van der Waals surface area contributed by atoms with Gasteiger partial charge in [-0.2, -0.15) is 0 Å². The lowest BCUT2D eigenvalue weighted by Crippen LogP contribution is -2.18. The van der Waals surface area contributed by atoms with Gasteiger partial charge in [0.25, 0.3) is 0 Å². The molecule has 3 heteroatoms. The van der Waals surface area contributed by atoms with Crippen LogP contribution in [0, 0.1) is 5.92 Å². The molecule has 0 heterocycles. The number of unbranched alkanes of at least 4 members (excludes halogenated alkanes) is 3. The van der Waals surface area contributed by atoms with Crippen LogP contribution >= 0.6 is 0 Å². The Balaban J connectivity index is 3.90. The number of ketones is 1. The Labute approximate surface area is 92.2 Å². The van der Waals surface area contributed by atoms with Crippen molar-refractivity contribution >= 4 is 11.8 Å². The van der Waals surface area contributed by atoms with Crippen molar-refractivity contribution in [1.29, 1.82) is 0 Å². The van der Waals surface area contributed by atoms with Gasteiger partial charge in [-0.3, -0.25) is 4.79 Å². The molecule has 0 aromatic heterocycles. The molecule has 0 aliphatic rings. The molecule has 1 unspecified atom stereocenters. The Morgan fingerprint density at radius 3 is 2.33 bits per heavy atom. The van der Waals surface area contributed by atoms with E-state index in [9.17, 15) is 9.59 Å². The lowest BCUT2D eigenvalue weighted by atomic mass is 9.96. The number of hydrogen-bond acceptors (Lipinski definition) is 3. The van der Waals surface area contributed by atoms with E-state index in [1.807, 2.05) is 0 Å². The fourth-order valence-corrected chi connectivity index (χ4v) is 1.63. The van der Waals surface area contributed by atoms with Crippen LogP contribution in [0.4, 0.5) is 0 Å². The van der Waals surface area contributed by atoms with Gasteiger partial charge in [0.2, 0.25) is 0 Å². The van der Waals surface area contributed by atoms with E-state index in [1.165, 1.54) is 26.9 Å². The van der Waals surface area contributed by atoms with Crippen molar-refractivity contribution in [3.8, 4) is 0 Å². The van der Waals surface area contributed by atoms with Crippen LogP contribution in [0.3, 0.4) is 0 Å². The molecule has 0 aromatic carbocycles. The smallest absolute Gasteiger partial charge is 0.309 e. The van der Waals surface area contributed by atoms with E-state index in [0.717, 1.165) is 19.3 Å². The summed E-state index contributed by atoms with van der Waals surface area (Å²) in [5.74, 6) is -0.424. The van der Waals surface area contributed by atoms with Gasteiger partial charge in [-0.25, -0.2) is 0 Å². The summed E-state index contributed by atoms with van der Waals surface area (Å²) in [7, 11) is 1.38. The van der Waals surface area contributed by atoms with E-state index in [0.29, 0.717) is 6.42 Å². The lowest BCUT2D eigenvalue weighted by Gasteiger charge is -2.12. The summed E-state index contributed by atoms with van der Waals surface area (Å²) in [5.41, 5.74) is 0. The van der Waals surface area contributed by atoms with Crippen LogP contribution in [-0.4, -0.2) is 18.9 Å². The molecule has 0 N–H and O–H groups in total. The average Bonchev–Trinajstić information content (AvgIpc) is 2.21. The van der Waals surface area contributed by atoms with Crippen LogP contribution in [0.5, 0.6) is 0 Å². The van der Waals surface area contributed by atoms with Crippen molar-refractivity contribution in [2.24, 2.45) is 5.92 Å². The average molecular weight is 214 g/mol. The molecular formula is C12H22O3. The zero-order valence-corrected chi connectivity index (χ0v) is 10.0. The zero-order valence-electron chi connectivity index (χ0n) is 10.0. The number of methoxy groups -OCH3 is 1. The van der Waals surface area contributed by atoms with Crippen molar-refractivity contribution in [2.45, 2.75) is 52.4 Å². The van der Waals surface area contributed by atoms with Gasteiger partial charge in [-0.05, 0) is 13.3 Å². The fourth-order valence-electron chi connectivity index (χ4n) is 1.63. The summed E-state index contributed by atoms with van der Waals surface area (Å²) in [4.78, 5) is 22.3. The standard InChI is InChI=1S/C12H22O3/c1-4-5-6-7-8-11(9-10(2)13)12(14)15-3/h11H,4-9H2,1-3H3. The highest BCUT2D eigenvalue weighted by Gasteiger charge is 2.20. The van der Waals surface area contributed by atoms with Crippen LogP contribution in [0.15, 0.2) is 0 Å². The molecule has 1 atom stereocenters. The second-order valence-corrected chi connectivity index (χ2v) is 3.98. The van der Waals surface area contributed by atoms with Crippen LogP contribution < -0.4 is 0 Å². The number of Topliss-reactive ketones (excluding diaryl/α,β-unsaturated/α-hetero) is 1. The molecule has 0 bridgehead atoms. The van der Waals surface area contributed by atoms with Gasteiger partial charge < -0.3 is 9.53 Å². The predicted octanol–water partition coefficient (Wildman–Crippen LogP) is 2.73. The minimum Gasteiger partial charge on any atom is -0.469 e. The number of esters is 1. The third kappa shape index (κ3) is 7.11. The molecule has 15 heavy (non-hydrogen) atoms. The van der Waals surface area contributed by atoms with Gasteiger partial charge in [-0.15, -0.1) is 0 Å². The number of rotatable bonds is 8. The van der Waals surface area contributed by atoms with Gasteiger partial charge in [0.15, 0.2) is 0 Å². The quantitative estimate of drug-likeness (QED) is 0.461. The van der Waals surface area contributed by atoms with Crippen LogP contribution in [0.25, 0.3) is 0 Å². The normalized spacial score (nSPS) is 12.2. The van der Waals surface area contributed by atoms with Crippen molar-refractivity contribution in [2.75, 3.05) is 7.11 Å². The summed E-state index contributed by atoms with van der Waals surface area (Å²) in [5, 5.41) is 0. The van der Waals surface area contributed by atoms with E-state index in [-0.39, 0.29) is 17.7 Å². The highest BCUT2D eigenvalue weighted by Crippen LogP contribution is 2.16. The molecule has 0 aromatic rings. The Morgan fingerprint density at radius 2 is 1.87 bits per heavy atom. The van der Waals surface area contributed by atoms with E-state index < -0.39 is 0 Å². The molecular weight excluding hydrogens is 192 g/mol. The summed E-state index contributed by atoms with van der Waals surface area (Å²) in [6, 6.07) is 0. The maximum Gasteiger partial charge on any atom is 0.309 e. The van der Waals surface area contributed by atoms with Crippen LogP contribution in [-0.2, 0) is 14.3 Å². The monoisotopic (exact) mass is 214 g/mol. The Kier molecular flexibility index (Phi) is 7.96.